The van der Waals surface area contributed by atoms with Gasteiger partial charge in [-0.05, 0) is 35.7 Å². The molecule has 0 aromatic heterocycles. The molecule has 0 radical (unpaired) electrons. The quantitative estimate of drug-likeness (QED) is 0.879. The molecule has 0 heterocycles. The van der Waals surface area contributed by atoms with Gasteiger partial charge < -0.3 is 5.11 Å². The summed E-state index contributed by atoms with van der Waals surface area (Å²) in [6, 6.07) is 10.3. The van der Waals surface area contributed by atoms with E-state index in [4.69, 9.17) is 0 Å². The second-order valence-corrected chi connectivity index (χ2v) is 4.16. The maximum atomic E-state index is 13.5. The van der Waals surface area contributed by atoms with E-state index < -0.39 is 17.7 Å². The van der Waals surface area contributed by atoms with Crippen LogP contribution in [0.1, 0.15) is 29.7 Å². The molecule has 1 atom stereocenters. The zero-order chi connectivity index (χ0) is 13.1. The van der Waals surface area contributed by atoms with Gasteiger partial charge in [0.25, 0.3) is 0 Å². The number of rotatable bonds is 3. The Kier molecular flexibility index (Phi) is 3.72. The van der Waals surface area contributed by atoms with Crippen LogP contribution in [0.2, 0.25) is 0 Å². The predicted molar refractivity (Wildman–Crippen MR) is 66.2 cm³/mol. The number of hydrogen-bond acceptors (Lipinski definition) is 1. The molecule has 0 saturated carbocycles. The van der Waals surface area contributed by atoms with Crippen LogP contribution in [0.15, 0.2) is 42.5 Å². The lowest BCUT2D eigenvalue weighted by Crippen LogP contribution is -2.03. The molecule has 0 aliphatic carbocycles. The molecule has 94 valence electrons. The number of aryl methyl sites for hydroxylation is 1. The Labute approximate surface area is 105 Å². The minimum atomic E-state index is -1.15. The van der Waals surface area contributed by atoms with E-state index in [0.29, 0.717) is 5.56 Å². The van der Waals surface area contributed by atoms with Gasteiger partial charge in [-0.15, -0.1) is 0 Å². The Bertz CT molecular complexity index is 535. The number of halogens is 2. The Morgan fingerprint density at radius 1 is 1.06 bits per heavy atom. The summed E-state index contributed by atoms with van der Waals surface area (Å²) in [6.07, 6.45) is -0.253. The second kappa shape index (κ2) is 5.27. The van der Waals surface area contributed by atoms with Crippen molar-refractivity contribution >= 4 is 0 Å². The van der Waals surface area contributed by atoms with Crippen LogP contribution in [-0.2, 0) is 6.42 Å². The van der Waals surface area contributed by atoms with E-state index in [1.165, 1.54) is 0 Å². The van der Waals surface area contributed by atoms with Crippen molar-refractivity contribution in [3.63, 3.8) is 0 Å². The number of aliphatic hydroxyl groups excluding tert-OH is 1. The van der Waals surface area contributed by atoms with Crippen molar-refractivity contribution in [1.82, 2.24) is 0 Å². The van der Waals surface area contributed by atoms with E-state index in [1.54, 1.807) is 12.1 Å². The minimum Gasteiger partial charge on any atom is -0.384 e. The van der Waals surface area contributed by atoms with Gasteiger partial charge in [0.2, 0.25) is 0 Å². The van der Waals surface area contributed by atoms with Gasteiger partial charge in [0.1, 0.15) is 17.7 Å². The Balaban J connectivity index is 2.34. The summed E-state index contributed by atoms with van der Waals surface area (Å²) >= 11 is 0. The van der Waals surface area contributed by atoms with Crippen LogP contribution >= 0.6 is 0 Å². The predicted octanol–water partition coefficient (Wildman–Crippen LogP) is 3.61. The lowest BCUT2D eigenvalue weighted by Gasteiger charge is -2.13. The van der Waals surface area contributed by atoms with Crippen LogP contribution < -0.4 is 0 Å². The third kappa shape index (κ3) is 2.57. The molecule has 1 unspecified atom stereocenters. The summed E-state index contributed by atoms with van der Waals surface area (Å²) in [6.45, 7) is 2.03. The van der Waals surface area contributed by atoms with E-state index in [2.05, 4.69) is 0 Å². The third-order valence-electron chi connectivity index (χ3n) is 2.96. The molecule has 2 aromatic carbocycles. The highest BCUT2D eigenvalue weighted by Gasteiger charge is 2.15. The topological polar surface area (TPSA) is 20.2 Å². The Morgan fingerprint density at radius 3 is 2.33 bits per heavy atom. The monoisotopic (exact) mass is 248 g/mol. The van der Waals surface area contributed by atoms with E-state index in [-0.39, 0.29) is 5.56 Å². The lowest BCUT2D eigenvalue weighted by molar-refractivity contribution is 0.214. The highest BCUT2D eigenvalue weighted by atomic mass is 19.1. The van der Waals surface area contributed by atoms with Crippen molar-refractivity contribution in [2.45, 2.75) is 19.4 Å². The molecule has 18 heavy (non-hydrogen) atoms. The van der Waals surface area contributed by atoms with Crippen molar-refractivity contribution in [3.05, 3.63) is 70.8 Å². The van der Waals surface area contributed by atoms with Gasteiger partial charge in [0.05, 0.1) is 0 Å². The average molecular weight is 248 g/mol. The van der Waals surface area contributed by atoms with Gasteiger partial charge in [0.15, 0.2) is 0 Å². The number of benzene rings is 2. The van der Waals surface area contributed by atoms with E-state index in [1.807, 2.05) is 19.1 Å². The van der Waals surface area contributed by atoms with Crippen molar-refractivity contribution in [3.8, 4) is 0 Å². The van der Waals surface area contributed by atoms with Crippen LogP contribution in [0, 0.1) is 11.6 Å². The Hall–Kier alpha value is -1.74. The summed E-state index contributed by atoms with van der Waals surface area (Å²) in [4.78, 5) is 0. The SMILES string of the molecule is CCc1ccc(C(O)c2cc(F)ccc2F)cc1. The zero-order valence-electron chi connectivity index (χ0n) is 10.0. The first-order valence-corrected chi connectivity index (χ1v) is 5.83. The fourth-order valence-corrected chi connectivity index (χ4v) is 1.84. The molecule has 0 bridgehead atoms. The van der Waals surface area contributed by atoms with Gasteiger partial charge in [-0.3, -0.25) is 0 Å². The van der Waals surface area contributed by atoms with E-state index in [0.717, 1.165) is 30.2 Å². The maximum absolute atomic E-state index is 13.5. The van der Waals surface area contributed by atoms with Crippen LogP contribution in [0.4, 0.5) is 8.78 Å². The van der Waals surface area contributed by atoms with Gasteiger partial charge >= 0.3 is 0 Å². The summed E-state index contributed by atoms with van der Waals surface area (Å²) in [5.41, 5.74) is 1.64. The largest absolute Gasteiger partial charge is 0.384 e. The summed E-state index contributed by atoms with van der Waals surface area (Å²) in [7, 11) is 0. The molecule has 2 rings (SSSR count). The molecule has 0 fully saturated rings. The molecular formula is C15H14F2O. The van der Waals surface area contributed by atoms with E-state index >= 15 is 0 Å². The van der Waals surface area contributed by atoms with Gasteiger partial charge in [-0.25, -0.2) is 8.78 Å². The van der Waals surface area contributed by atoms with Gasteiger partial charge in [-0.2, -0.15) is 0 Å². The summed E-state index contributed by atoms with van der Waals surface area (Å²) < 4.78 is 26.6. The normalized spacial score (nSPS) is 12.4. The van der Waals surface area contributed by atoms with Gasteiger partial charge in [-0.1, -0.05) is 31.2 Å². The molecule has 0 aliphatic rings. The first-order valence-electron chi connectivity index (χ1n) is 5.83. The van der Waals surface area contributed by atoms with Crippen LogP contribution in [0.3, 0.4) is 0 Å². The summed E-state index contributed by atoms with van der Waals surface area (Å²) in [5.74, 6) is -1.17. The second-order valence-electron chi connectivity index (χ2n) is 4.16. The molecule has 0 aliphatic heterocycles. The molecule has 0 spiro atoms. The van der Waals surface area contributed by atoms with Crippen molar-refractivity contribution in [2.24, 2.45) is 0 Å². The van der Waals surface area contributed by atoms with E-state index in [9.17, 15) is 13.9 Å². The molecule has 0 saturated heterocycles. The van der Waals surface area contributed by atoms with Crippen LogP contribution in [0.5, 0.6) is 0 Å². The van der Waals surface area contributed by atoms with Crippen molar-refractivity contribution in [1.29, 1.82) is 0 Å². The summed E-state index contributed by atoms with van der Waals surface area (Å²) in [5, 5.41) is 10.1. The van der Waals surface area contributed by atoms with Crippen molar-refractivity contribution in [2.75, 3.05) is 0 Å². The smallest absolute Gasteiger partial charge is 0.129 e. The minimum absolute atomic E-state index is 0.0424. The molecule has 2 aromatic rings. The lowest BCUT2D eigenvalue weighted by atomic mass is 9.99. The maximum Gasteiger partial charge on any atom is 0.129 e. The molecule has 3 heteroatoms. The highest BCUT2D eigenvalue weighted by Crippen LogP contribution is 2.25. The highest BCUT2D eigenvalue weighted by molar-refractivity contribution is 5.32. The first-order chi connectivity index (χ1) is 8.61. The molecule has 1 N–H and O–H groups in total. The van der Waals surface area contributed by atoms with Crippen LogP contribution in [-0.4, -0.2) is 5.11 Å². The molecule has 1 nitrogen and oxygen atoms in total. The molecule has 0 amide bonds. The number of hydrogen-bond donors (Lipinski definition) is 1. The fourth-order valence-electron chi connectivity index (χ4n) is 1.84. The van der Waals surface area contributed by atoms with Gasteiger partial charge in [0, 0.05) is 5.56 Å². The van der Waals surface area contributed by atoms with Crippen LogP contribution in [0.25, 0.3) is 0 Å². The molecular weight excluding hydrogens is 234 g/mol. The average Bonchev–Trinajstić information content (AvgIpc) is 2.41. The Morgan fingerprint density at radius 2 is 1.72 bits per heavy atom. The third-order valence-corrected chi connectivity index (χ3v) is 2.96. The number of aliphatic hydroxyl groups is 1. The fraction of sp³-hybridized carbons (Fsp3) is 0.200. The zero-order valence-corrected chi connectivity index (χ0v) is 10.0. The standard InChI is InChI=1S/C15H14F2O/c1-2-10-3-5-11(6-4-10)15(18)13-9-12(16)7-8-14(13)17/h3-9,15,18H,2H2,1H3. The van der Waals surface area contributed by atoms with Crippen molar-refractivity contribution < 1.29 is 13.9 Å². The first kappa shape index (κ1) is 12.7.